The first-order valence-corrected chi connectivity index (χ1v) is 15.9. The van der Waals surface area contributed by atoms with Gasteiger partial charge in [-0.25, -0.2) is 9.97 Å². The van der Waals surface area contributed by atoms with E-state index in [9.17, 15) is 9.59 Å². The SMILES string of the molecule is C=CC(=O)N1CC[C@@H](Nc2nc(Nc3ccc(N4CCC(N5CCN(C)CC5)CC4)cc3)c(C(N)=O)nc2-c2ccccc2)C1. The lowest BCUT2D eigenvalue weighted by Gasteiger charge is -2.42. The molecule has 0 aliphatic carbocycles. The lowest BCUT2D eigenvalue weighted by Crippen LogP contribution is -2.52. The second kappa shape index (κ2) is 13.7. The van der Waals surface area contributed by atoms with Crippen LogP contribution in [-0.2, 0) is 4.79 Å². The molecule has 0 radical (unpaired) electrons. The number of amides is 2. The van der Waals surface area contributed by atoms with Crippen LogP contribution in [0.2, 0.25) is 0 Å². The van der Waals surface area contributed by atoms with E-state index in [0.29, 0.717) is 30.6 Å². The number of carbonyl (C=O) groups excluding carboxylic acids is 2. The van der Waals surface area contributed by atoms with Gasteiger partial charge in [-0.05, 0) is 56.7 Å². The Hall–Kier alpha value is -4.48. The highest BCUT2D eigenvalue weighted by Gasteiger charge is 2.28. The zero-order valence-electron chi connectivity index (χ0n) is 26.0. The number of benzene rings is 2. The largest absolute Gasteiger partial charge is 0.371 e. The number of piperazine rings is 1. The van der Waals surface area contributed by atoms with Crippen LogP contribution in [0.15, 0.2) is 67.3 Å². The smallest absolute Gasteiger partial charge is 0.271 e. The molecule has 0 spiro atoms. The number of rotatable bonds is 9. The van der Waals surface area contributed by atoms with E-state index in [0.717, 1.165) is 56.9 Å². The molecule has 3 saturated heterocycles. The Balaban J connectivity index is 1.18. The van der Waals surface area contributed by atoms with Gasteiger partial charge in [-0.15, -0.1) is 0 Å². The van der Waals surface area contributed by atoms with Crippen molar-refractivity contribution < 1.29 is 9.59 Å². The molecule has 2 amide bonds. The number of hydrogen-bond acceptors (Lipinski definition) is 9. The van der Waals surface area contributed by atoms with Gasteiger partial charge in [-0.2, -0.15) is 0 Å². The summed E-state index contributed by atoms with van der Waals surface area (Å²) >= 11 is 0. The molecule has 0 bridgehead atoms. The van der Waals surface area contributed by atoms with Crippen LogP contribution >= 0.6 is 0 Å². The third kappa shape index (κ3) is 7.10. The first kappa shape index (κ1) is 30.5. The molecule has 4 heterocycles. The highest BCUT2D eigenvalue weighted by atomic mass is 16.2. The molecular weight excluding hydrogens is 566 g/mol. The van der Waals surface area contributed by atoms with Crippen LogP contribution in [0.25, 0.3) is 11.3 Å². The molecule has 2 aromatic carbocycles. The topological polar surface area (TPSA) is 123 Å². The van der Waals surface area contributed by atoms with Crippen LogP contribution in [0.1, 0.15) is 29.8 Å². The second-order valence-corrected chi connectivity index (χ2v) is 12.2. The average molecular weight is 610 g/mol. The van der Waals surface area contributed by atoms with Gasteiger partial charge < -0.3 is 31.1 Å². The van der Waals surface area contributed by atoms with E-state index in [1.165, 1.54) is 24.6 Å². The van der Waals surface area contributed by atoms with Crippen LogP contribution in [-0.4, -0.2) is 108 Å². The maximum Gasteiger partial charge on any atom is 0.271 e. The summed E-state index contributed by atoms with van der Waals surface area (Å²) in [7, 11) is 2.20. The van der Waals surface area contributed by atoms with E-state index in [1.807, 2.05) is 42.5 Å². The fourth-order valence-electron chi connectivity index (χ4n) is 6.56. The van der Waals surface area contributed by atoms with Crippen LogP contribution in [0, 0.1) is 0 Å². The van der Waals surface area contributed by atoms with Gasteiger partial charge in [0, 0.05) is 81.4 Å². The van der Waals surface area contributed by atoms with Crippen molar-refractivity contribution in [1.29, 1.82) is 0 Å². The number of aromatic nitrogens is 2. The Kier molecular flexibility index (Phi) is 9.27. The third-order valence-corrected chi connectivity index (χ3v) is 9.21. The summed E-state index contributed by atoms with van der Waals surface area (Å²) in [5.74, 6) is 0.0361. The molecule has 3 aliphatic rings. The molecule has 45 heavy (non-hydrogen) atoms. The van der Waals surface area contributed by atoms with Crippen LogP contribution < -0.4 is 21.3 Å². The Morgan fingerprint density at radius 2 is 1.60 bits per heavy atom. The molecule has 3 aliphatic heterocycles. The Labute approximate surface area is 265 Å². The number of nitrogens with zero attached hydrogens (tertiary/aromatic N) is 6. The highest BCUT2D eigenvalue weighted by Crippen LogP contribution is 2.31. The van der Waals surface area contributed by atoms with E-state index in [1.54, 1.807) is 4.90 Å². The van der Waals surface area contributed by atoms with Crippen molar-refractivity contribution >= 4 is 34.8 Å². The van der Waals surface area contributed by atoms with Gasteiger partial charge in [-0.1, -0.05) is 36.9 Å². The maximum atomic E-state index is 12.6. The van der Waals surface area contributed by atoms with Crippen molar-refractivity contribution in [2.24, 2.45) is 5.73 Å². The first-order valence-electron chi connectivity index (χ1n) is 15.9. The molecule has 1 atom stereocenters. The molecule has 11 nitrogen and oxygen atoms in total. The van der Waals surface area contributed by atoms with Crippen molar-refractivity contribution in [3.8, 4) is 11.3 Å². The zero-order chi connectivity index (χ0) is 31.3. The monoisotopic (exact) mass is 609 g/mol. The van der Waals surface area contributed by atoms with E-state index < -0.39 is 5.91 Å². The molecule has 0 unspecified atom stereocenters. The van der Waals surface area contributed by atoms with Crippen molar-refractivity contribution in [1.82, 2.24) is 24.7 Å². The molecule has 3 fully saturated rings. The molecule has 6 rings (SSSR count). The van der Waals surface area contributed by atoms with Crippen LogP contribution in [0.4, 0.5) is 23.0 Å². The number of nitrogens with one attached hydrogen (secondary N) is 2. The highest BCUT2D eigenvalue weighted by molar-refractivity contribution is 5.97. The molecular formula is C34H43N9O2. The molecule has 4 N–H and O–H groups in total. The predicted molar refractivity (Wildman–Crippen MR) is 179 cm³/mol. The summed E-state index contributed by atoms with van der Waals surface area (Å²) in [6, 6.07) is 18.4. The van der Waals surface area contributed by atoms with Crippen molar-refractivity contribution in [3.05, 3.63) is 72.9 Å². The van der Waals surface area contributed by atoms with Gasteiger partial charge in [0.15, 0.2) is 17.3 Å². The van der Waals surface area contributed by atoms with Gasteiger partial charge in [-0.3, -0.25) is 14.5 Å². The lowest BCUT2D eigenvalue weighted by molar-refractivity contribution is -0.125. The molecule has 11 heteroatoms. The fraction of sp³-hybridized carbons (Fsp3) is 0.412. The zero-order valence-corrected chi connectivity index (χ0v) is 26.0. The van der Waals surface area contributed by atoms with E-state index in [4.69, 9.17) is 15.7 Å². The Morgan fingerprint density at radius 3 is 2.27 bits per heavy atom. The van der Waals surface area contributed by atoms with Gasteiger partial charge >= 0.3 is 0 Å². The number of likely N-dealkylation sites (N-methyl/N-ethyl adjacent to an activating group) is 1. The van der Waals surface area contributed by atoms with Gasteiger partial charge in [0.1, 0.15) is 5.69 Å². The summed E-state index contributed by atoms with van der Waals surface area (Å²) < 4.78 is 0. The molecule has 3 aromatic rings. The van der Waals surface area contributed by atoms with E-state index in [2.05, 4.69) is 51.1 Å². The molecule has 236 valence electrons. The minimum Gasteiger partial charge on any atom is -0.371 e. The van der Waals surface area contributed by atoms with Gasteiger partial charge in [0.25, 0.3) is 5.91 Å². The minimum atomic E-state index is -0.669. The first-order chi connectivity index (χ1) is 21.9. The standard InChI is InChI=1S/C34H43N9O2/c1-3-29(44)43-16-13-26(23-43)37-33-30(24-7-5-4-6-8-24)38-31(32(35)45)34(39-33)36-25-9-11-27(12-10-25)41-17-14-28(15-18-41)42-21-19-40(2)20-22-42/h3-12,26,28H,1,13-23H2,2H3,(H2,35,45)(H2,36,37,39)/t26-/m1/s1. The predicted octanol–water partition coefficient (Wildman–Crippen LogP) is 3.40. The fourth-order valence-corrected chi connectivity index (χ4v) is 6.56. The van der Waals surface area contributed by atoms with Gasteiger partial charge in [0.2, 0.25) is 5.91 Å². The number of hydrogen-bond donors (Lipinski definition) is 3. The number of nitrogens with two attached hydrogens (primary N) is 1. The number of piperidine rings is 1. The summed E-state index contributed by atoms with van der Waals surface area (Å²) in [4.78, 5) is 43.6. The summed E-state index contributed by atoms with van der Waals surface area (Å²) in [6.45, 7) is 11.5. The maximum absolute atomic E-state index is 12.6. The van der Waals surface area contributed by atoms with Crippen molar-refractivity contribution in [2.75, 3.05) is 74.9 Å². The number of anilines is 4. The number of carbonyl (C=O) groups is 2. The Morgan fingerprint density at radius 1 is 0.889 bits per heavy atom. The van der Waals surface area contributed by atoms with Gasteiger partial charge in [0.05, 0.1) is 0 Å². The van der Waals surface area contributed by atoms with E-state index >= 15 is 0 Å². The molecule has 1 aromatic heterocycles. The van der Waals surface area contributed by atoms with Crippen molar-refractivity contribution in [2.45, 2.75) is 31.3 Å². The summed E-state index contributed by atoms with van der Waals surface area (Å²) in [6.07, 6.45) is 4.43. The normalized spacial score (nSPS) is 19.8. The lowest BCUT2D eigenvalue weighted by atomic mass is 10.0. The summed E-state index contributed by atoms with van der Waals surface area (Å²) in [5, 5.41) is 6.78. The summed E-state index contributed by atoms with van der Waals surface area (Å²) in [5.41, 5.74) is 9.18. The van der Waals surface area contributed by atoms with Crippen LogP contribution in [0.3, 0.4) is 0 Å². The third-order valence-electron chi connectivity index (χ3n) is 9.21. The number of primary amides is 1. The average Bonchev–Trinajstić information content (AvgIpc) is 3.54. The van der Waals surface area contributed by atoms with E-state index in [-0.39, 0.29) is 23.5 Å². The second-order valence-electron chi connectivity index (χ2n) is 12.2. The number of likely N-dealkylation sites (tertiary alicyclic amines) is 1. The van der Waals surface area contributed by atoms with Crippen molar-refractivity contribution in [3.63, 3.8) is 0 Å². The Bertz CT molecular complexity index is 1500. The minimum absolute atomic E-state index is 0.0300. The molecule has 0 saturated carbocycles. The quantitative estimate of drug-likeness (QED) is 0.313. The van der Waals surface area contributed by atoms with Crippen LogP contribution in [0.5, 0.6) is 0 Å².